The molecule has 2 rings (SSSR count). The van der Waals surface area contributed by atoms with Gasteiger partial charge in [-0.25, -0.2) is 8.42 Å². The van der Waals surface area contributed by atoms with Crippen LogP contribution in [0.2, 0.25) is 0 Å². The van der Waals surface area contributed by atoms with E-state index in [1.165, 1.54) is 12.1 Å². The summed E-state index contributed by atoms with van der Waals surface area (Å²) in [6, 6.07) is 13.9. The molecule has 1 atom stereocenters. The monoisotopic (exact) mass is 276 g/mol. The molecule has 19 heavy (non-hydrogen) atoms. The third-order valence-electron chi connectivity index (χ3n) is 2.96. The SMILES string of the molecule is Cc1cccc(C(O)c2cccc(S(C)(=O)=O)c2)c1. The predicted octanol–water partition coefficient (Wildman–Crippen LogP) is 2.48. The molecule has 0 aliphatic rings. The van der Waals surface area contributed by atoms with Gasteiger partial charge >= 0.3 is 0 Å². The van der Waals surface area contributed by atoms with Crippen molar-refractivity contribution in [1.82, 2.24) is 0 Å². The second kappa shape index (κ2) is 5.15. The van der Waals surface area contributed by atoms with Crippen molar-refractivity contribution >= 4 is 9.84 Å². The Bertz CT molecular complexity index is 690. The van der Waals surface area contributed by atoms with E-state index in [0.29, 0.717) is 5.56 Å². The van der Waals surface area contributed by atoms with Crippen LogP contribution in [0.15, 0.2) is 53.4 Å². The fraction of sp³-hybridized carbons (Fsp3) is 0.200. The first-order valence-electron chi connectivity index (χ1n) is 5.92. The van der Waals surface area contributed by atoms with Gasteiger partial charge in [-0.05, 0) is 30.2 Å². The van der Waals surface area contributed by atoms with Gasteiger partial charge in [-0.3, -0.25) is 0 Å². The number of benzene rings is 2. The number of sulfone groups is 1. The number of aryl methyl sites for hydroxylation is 1. The van der Waals surface area contributed by atoms with Gasteiger partial charge in [0.2, 0.25) is 0 Å². The maximum atomic E-state index is 11.5. The summed E-state index contributed by atoms with van der Waals surface area (Å²) in [5, 5.41) is 10.3. The van der Waals surface area contributed by atoms with Gasteiger partial charge < -0.3 is 5.11 Å². The summed E-state index contributed by atoms with van der Waals surface area (Å²) >= 11 is 0. The van der Waals surface area contributed by atoms with Crippen LogP contribution in [-0.2, 0) is 9.84 Å². The van der Waals surface area contributed by atoms with Gasteiger partial charge in [0.05, 0.1) is 4.90 Å². The average Bonchev–Trinajstić information content (AvgIpc) is 2.37. The van der Waals surface area contributed by atoms with Gasteiger partial charge in [-0.15, -0.1) is 0 Å². The highest BCUT2D eigenvalue weighted by atomic mass is 32.2. The van der Waals surface area contributed by atoms with Crippen molar-refractivity contribution < 1.29 is 13.5 Å². The molecule has 0 saturated heterocycles. The van der Waals surface area contributed by atoms with E-state index >= 15 is 0 Å². The summed E-state index contributed by atoms with van der Waals surface area (Å²) in [6.07, 6.45) is 0.340. The molecule has 0 heterocycles. The molecule has 0 amide bonds. The molecule has 0 aliphatic carbocycles. The predicted molar refractivity (Wildman–Crippen MR) is 74.8 cm³/mol. The molecule has 2 aromatic carbocycles. The molecule has 0 aromatic heterocycles. The quantitative estimate of drug-likeness (QED) is 0.937. The van der Waals surface area contributed by atoms with Crippen LogP contribution in [0.25, 0.3) is 0 Å². The normalized spacial score (nSPS) is 13.2. The van der Waals surface area contributed by atoms with E-state index in [9.17, 15) is 13.5 Å². The maximum Gasteiger partial charge on any atom is 0.175 e. The number of hydrogen-bond donors (Lipinski definition) is 1. The summed E-state index contributed by atoms with van der Waals surface area (Å²) in [5.74, 6) is 0. The minimum atomic E-state index is -3.26. The number of aliphatic hydroxyl groups excluding tert-OH is 1. The maximum absolute atomic E-state index is 11.5. The minimum absolute atomic E-state index is 0.219. The summed E-state index contributed by atoms with van der Waals surface area (Å²) in [4.78, 5) is 0.219. The van der Waals surface area contributed by atoms with Gasteiger partial charge in [0, 0.05) is 6.26 Å². The molecule has 0 spiro atoms. The topological polar surface area (TPSA) is 54.4 Å². The first-order chi connectivity index (χ1) is 8.88. The zero-order valence-corrected chi connectivity index (χ0v) is 11.7. The number of rotatable bonds is 3. The van der Waals surface area contributed by atoms with E-state index in [1.807, 2.05) is 31.2 Å². The molecule has 0 fully saturated rings. The average molecular weight is 276 g/mol. The van der Waals surface area contributed by atoms with Crippen molar-refractivity contribution in [3.63, 3.8) is 0 Å². The van der Waals surface area contributed by atoms with Gasteiger partial charge in [0.1, 0.15) is 6.10 Å². The second-order valence-corrected chi connectivity index (χ2v) is 6.68. The Hall–Kier alpha value is -1.65. The third-order valence-corrected chi connectivity index (χ3v) is 4.07. The Morgan fingerprint density at radius 1 is 1.00 bits per heavy atom. The zero-order valence-electron chi connectivity index (χ0n) is 10.9. The van der Waals surface area contributed by atoms with E-state index < -0.39 is 15.9 Å². The lowest BCUT2D eigenvalue weighted by atomic mass is 10.0. The summed E-state index contributed by atoms with van der Waals surface area (Å²) in [7, 11) is -3.26. The van der Waals surface area contributed by atoms with E-state index in [2.05, 4.69) is 0 Å². The molecule has 0 radical (unpaired) electrons. The largest absolute Gasteiger partial charge is 0.384 e. The standard InChI is InChI=1S/C15H16O3S/c1-11-5-3-6-12(9-11)15(16)13-7-4-8-14(10-13)19(2,17)18/h3-10,15-16H,1-2H3. The van der Waals surface area contributed by atoms with E-state index in [-0.39, 0.29) is 4.90 Å². The van der Waals surface area contributed by atoms with Crippen LogP contribution in [0.3, 0.4) is 0 Å². The van der Waals surface area contributed by atoms with Crippen LogP contribution < -0.4 is 0 Å². The van der Waals surface area contributed by atoms with Crippen molar-refractivity contribution in [3.05, 3.63) is 65.2 Å². The van der Waals surface area contributed by atoms with Crippen molar-refractivity contribution in [2.45, 2.75) is 17.9 Å². The summed E-state index contributed by atoms with van der Waals surface area (Å²) in [6.45, 7) is 1.95. The molecule has 4 heteroatoms. The Morgan fingerprint density at radius 3 is 2.16 bits per heavy atom. The van der Waals surface area contributed by atoms with Crippen molar-refractivity contribution in [3.8, 4) is 0 Å². The Kier molecular flexibility index (Phi) is 3.73. The highest BCUT2D eigenvalue weighted by Gasteiger charge is 2.14. The Labute approximate surface area is 113 Å². The lowest BCUT2D eigenvalue weighted by molar-refractivity contribution is 0.220. The molecule has 0 aliphatic heterocycles. The van der Waals surface area contributed by atoms with Crippen LogP contribution in [0.5, 0.6) is 0 Å². The minimum Gasteiger partial charge on any atom is -0.384 e. The zero-order chi connectivity index (χ0) is 14.0. The van der Waals surface area contributed by atoms with E-state index in [1.54, 1.807) is 12.1 Å². The van der Waals surface area contributed by atoms with Crippen LogP contribution in [0, 0.1) is 6.92 Å². The van der Waals surface area contributed by atoms with Crippen molar-refractivity contribution in [2.24, 2.45) is 0 Å². The molecule has 2 aromatic rings. The second-order valence-electron chi connectivity index (χ2n) is 4.66. The van der Waals surface area contributed by atoms with Crippen LogP contribution in [0.1, 0.15) is 22.8 Å². The lowest BCUT2D eigenvalue weighted by Crippen LogP contribution is -2.03. The third kappa shape index (κ3) is 3.22. The highest BCUT2D eigenvalue weighted by Crippen LogP contribution is 2.24. The van der Waals surface area contributed by atoms with Crippen LogP contribution in [0.4, 0.5) is 0 Å². The fourth-order valence-corrected chi connectivity index (χ4v) is 2.62. The molecule has 0 saturated carbocycles. The first-order valence-corrected chi connectivity index (χ1v) is 7.82. The molecule has 3 nitrogen and oxygen atoms in total. The smallest absolute Gasteiger partial charge is 0.175 e. The molecule has 0 bridgehead atoms. The molecule has 1 N–H and O–H groups in total. The Balaban J connectivity index is 2.42. The van der Waals surface area contributed by atoms with E-state index in [0.717, 1.165) is 17.4 Å². The molecular weight excluding hydrogens is 260 g/mol. The van der Waals surface area contributed by atoms with Gasteiger partial charge in [-0.2, -0.15) is 0 Å². The number of hydrogen-bond acceptors (Lipinski definition) is 3. The van der Waals surface area contributed by atoms with Crippen molar-refractivity contribution in [2.75, 3.05) is 6.26 Å². The first kappa shape index (κ1) is 13.8. The fourth-order valence-electron chi connectivity index (χ4n) is 1.95. The Morgan fingerprint density at radius 2 is 1.58 bits per heavy atom. The van der Waals surface area contributed by atoms with Gasteiger partial charge in [0.25, 0.3) is 0 Å². The summed E-state index contributed by atoms with van der Waals surface area (Å²) < 4.78 is 23.0. The van der Waals surface area contributed by atoms with Gasteiger partial charge in [-0.1, -0.05) is 42.0 Å². The molecule has 100 valence electrons. The molecular formula is C15H16O3S. The summed E-state index contributed by atoms with van der Waals surface area (Å²) in [5.41, 5.74) is 2.38. The van der Waals surface area contributed by atoms with Crippen LogP contribution >= 0.6 is 0 Å². The van der Waals surface area contributed by atoms with Crippen molar-refractivity contribution in [1.29, 1.82) is 0 Å². The number of aliphatic hydroxyl groups is 1. The van der Waals surface area contributed by atoms with E-state index in [4.69, 9.17) is 0 Å². The molecule has 1 unspecified atom stereocenters. The van der Waals surface area contributed by atoms with Gasteiger partial charge in [0.15, 0.2) is 9.84 Å². The van der Waals surface area contributed by atoms with Crippen LogP contribution in [-0.4, -0.2) is 19.8 Å². The lowest BCUT2D eigenvalue weighted by Gasteiger charge is -2.13. The highest BCUT2D eigenvalue weighted by molar-refractivity contribution is 7.90.